The number of hydrogen-bond acceptors (Lipinski definition) is 2. The number of amides is 1. The molecule has 0 bridgehead atoms. The van der Waals surface area contributed by atoms with Crippen LogP contribution in [0.1, 0.15) is 56.6 Å². The fourth-order valence-corrected chi connectivity index (χ4v) is 3.20. The van der Waals surface area contributed by atoms with Gasteiger partial charge in [0.2, 0.25) is 5.91 Å². The fraction of sp³-hybridized carbons (Fsp3) is 0.611. The summed E-state index contributed by atoms with van der Waals surface area (Å²) in [5.74, 6) is 0.198. The Morgan fingerprint density at radius 1 is 1.00 bits per heavy atom. The van der Waals surface area contributed by atoms with E-state index in [1.54, 1.807) is 0 Å². The van der Waals surface area contributed by atoms with Gasteiger partial charge in [0.05, 0.1) is 0 Å². The molecule has 3 heteroatoms. The van der Waals surface area contributed by atoms with Crippen molar-refractivity contribution in [3.8, 4) is 0 Å². The van der Waals surface area contributed by atoms with Gasteiger partial charge in [-0.2, -0.15) is 0 Å². The summed E-state index contributed by atoms with van der Waals surface area (Å²) in [4.78, 5) is 15.1. The standard InChI is InChI=1S/C18H26N2O/c21-18(19-16-11-12-16)17(15-9-5-4-6-10-15)20-13-7-2-1-3-8-14-20/h4-6,9-10,16-17H,1-3,7-8,11-14H2,(H,19,21)/t17-/m1/s1. The minimum atomic E-state index is -0.107. The van der Waals surface area contributed by atoms with Crippen molar-refractivity contribution in [3.63, 3.8) is 0 Å². The first-order valence-electron chi connectivity index (χ1n) is 8.44. The molecule has 1 saturated heterocycles. The maximum Gasteiger partial charge on any atom is 0.242 e. The molecular weight excluding hydrogens is 260 g/mol. The molecule has 1 atom stereocenters. The van der Waals surface area contributed by atoms with Gasteiger partial charge in [-0.1, -0.05) is 49.6 Å². The summed E-state index contributed by atoms with van der Waals surface area (Å²) in [5.41, 5.74) is 1.14. The topological polar surface area (TPSA) is 32.3 Å². The van der Waals surface area contributed by atoms with Crippen LogP contribution in [0, 0.1) is 0 Å². The zero-order chi connectivity index (χ0) is 14.5. The highest BCUT2D eigenvalue weighted by Gasteiger charge is 2.31. The SMILES string of the molecule is O=C(NC1CC1)[C@@H](c1ccccc1)N1CCCCCCC1. The van der Waals surface area contributed by atoms with E-state index in [4.69, 9.17) is 0 Å². The van der Waals surface area contributed by atoms with Crippen LogP contribution in [0.4, 0.5) is 0 Å². The molecule has 0 unspecified atom stereocenters. The number of benzene rings is 1. The minimum absolute atomic E-state index is 0.107. The van der Waals surface area contributed by atoms with Gasteiger partial charge < -0.3 is 5.32 Å². The number of rotatable bonds is 4. The van der Waals surface area contributed by atoms with E-state index < -0.39 is 0 Å². The molecule has 0 aromatic heterocycles. The van der Waals surface area contributed by atoms with Crippen molar-refractivity contribution in [2.45, 2.75) is 57.0 Å². The smallest absolute Gasteiger partial charge is 0.242 e. The summed E-state index contributed by atoms with van der Waals surface area (Å²) in [6, 6.07) is 10.6. The second-order valence-corrected chi connectivity index (χ2v) is 6.40. The van der Waals surface area contributed by atoms with Crippen molar-refractivity contribution >= 4 is 5.91 Å². The van der Waals surface area contributed by atoms with Gasteiger partial charge in [-0.3, -0.25) is 9.69 Å². The maximum atomic E-state index is 12.7. The van der Waals surface area contributed by atoms with Gasteiger partial charge in [0.25, 0.3) is 0 Å². The monoisotopic (exact) mass is 286 g/mol. The van der Waals surface area contributed by atoms with Gasteiger partial charge >= 0.3 is 0 Å². The van der Waals surface area contributed by atoms with Crippen LogP contribution in [-0.4, -0.2) is 29.9 Å². The lowest BCUT2D eigenvalue weighted by molar-refractivity contribution is -0.127. The molecule has 114 valence electrons. The Balaban J connectivity index is 1.77. The first-order chi connectivity index (χ1) is 10.3. The highest BCUT2D eigenvalue weighted by atomic mass is 16.2. The molecule has 1 aromatic rings. The molecule has 3 rings (SSSR count). The van der Waals surface area contributed by atoms with Crippen LogP contribution < -0.4 is 5.32 Å². The van der Waals surface area contributed by atoms with Crippen LogP contribution in [-0.2, 0) is 4.79 Å². The van der Waals surface area contributed by atoms with Crippen LogP contribution in [0.25, 0.3) is 0 Å². The predicted octanol–water partition coefficient (Wildman–Crippen LogP) is 3.27. The molecule has 1 heterocycles. The molecule has 2 aliphatic rings. The predicted molar refractivity (Wildman–Crippen MR) is 85.0 cm³/mol. The number of carbonyl (C=O) groups is 1. The van der Waals surface area contributed by atoms with Crippen molar-refractivity contribution in [2.75, 3.05) is 13.1 Å². The maximum absolute atomic E-state index is 12.7. The van der Waals surface area contributed by atoms with Crippen LogP contribution in [0.2, 0.25) is 0 Å². The molecule has 1 aromatic carbocycles. The van der Waals surface area contributed by atoms with E-state index in [1.165, 1.54) is 32.1 Å². The quantitative estimate of drug-likeness (QED) is 0.921. The highest BCUT2D eigenvalue weighted by Crippen LogP contribution is 2.26. The summed E-state index contributed by atoms with van der Waals surface area (Å²) in [6.07, 6.45) is 8.64. The molecule has 2 fully saturated rings. The van der Waals surface area contributed by atoms with Gasteiger partial charge in [-0.15, -0.1) is 0 Å². The largest absolute Gasteiger partial charge is 0.352 e. The normalized spacial score (nSPS) is 22.1. The van der Waals surface area contributed by atoms with Gasteiger partial charge in [-0.05, 0) is 44.3 Å². The minimum Gasteiger partial charge on any atom is -0.352 e. The van der Waals surface area contributed by atoms with Gasteiger partial charge in [0.1, 0.15) is 6.04 Å². The zero-order valence-electron chi connectivity index (χ0n) is 12.8. The lowest BCUT2D eigenvalue weighted by Crippen LogP contribution is -2.42. The van der Waals surface area contributed by atoms with Gasteiger partial charge in [0.15, 0.2) is 0 Å². The van der Waals surface area contributed by atoms with E-state index in [9.17, 15) is 4.79 Å². The van der Waals surface area contributed by atoms with E-state index in [1.807, 2.05) is 18.2 Å². The average Bonchev–Trinajstić information content (AvgIpc) is 3.26. The molecule has 0 spiro atoms. The Morgan fingerprint density at radius 3 is 2.24 bits per heavy atom. The highest BCUT2D eigenvalue weighted by molar-refractivity contribution is 5.83. The van der Waals surface area contributed by atoms with E-state index in [0.717, 1.165) is 31.5 Å². The Bertz CT molecular complexity index is 448. The van der Waals surface area contributed by atoms with E-state index in [0.29, 0.717) is 6.04 Å². The van der Waals surface area contributed by atoms with E-state index in [2.05, 4.69) is 22.3 Å². The summed E-state index contributed by atoms with van der Waals surface area (Å²) in [5, 5.41) is 3.21. The van der Waals surface area contributed by atoms with Crippen LogP contribution >= 0.6 is 0 Å². The third kappa shape index (κ3) is 4.07. The van der Waals surface area contributed by atoms with Crippen molar-refractivity contribution in [1.82, 2.24) is 10.2 Å². The summed E-state index contributed by atoms with van der Waals surface area (Å²) >= 11 is 0. The summed E-state index contributed by atoms with van der Waals surface area (Å²) < 4.78 is 0. The molecule has 0 radical (unpaired) electrons. The summed E-state index contributed by atoms with van der Waals surface area (Å²) in [7, 11) is 0. The van der Waals surface area contributed by atoms with Crippen LogP contribution in [0.5, 0.6) is 0 Å². The molecule has 1 aliphatic carbocycles. The van der Waals surface area contributed by atoms with E-state index in [-0.39, 0.29) is 11.9 Å². The lowest BCUT2D eigenvalue weighted by atomic mass is 10.0. The van der Waals surface area contributed by atoms with Crippen molar-refractivity contribution in [2.24, 2.45) is 0 Å². The van der Waals surface area contributed by atoms with Crippen LogP contribution in [0.3, 0.4) is 0 Å². The van der Waals surface area contributed by atoms with Crippen molar-refractivity contribution in [1.29, 1.82) is 0 Å². The Labute approximate surface area is 127 Å². The Hall–Kier alpha value is -1.35. The Kier molecular flexibility index (Phi) is 4.91. The third-order valence-corrected chi connectivity index (χ3v) is 4.54. The van der Waals surface area contributed by atoms with Crippen LogP contribution in [0.15, 0.2) is 30.3 Å². The number of nitrogens with zero attached hydrogens (tertiary/aromatic N) is 1. The first kappa shape index (κ1) is 14.6. The van der Waals surface area contributed by atoms with Crippen molar-refractivity contribution < 1.29 is 4.79 Å². The molecule has 1 amide bonds. The number of hydrogen-bond donors (Lipinski definition) is 1. The second-order valence-electron chi connectivity index (χ2n) is 6.40. The van der Waals surface area contributed by atoms with Gasteiger partial charge in [-0.25, -0.2) is 0 Å². The molecule has 21 heavy (non-hydrogen) atoms. The molecule has 1 N–H and O–H groups in total. The lowest BCUT2D eigenvalue weighted by Gasteiger charge is -2.32. The fourth-order valence-electron chi connectivity index (χ4n) is 3.20. The number of likely N-dealkylation sites (tertiary alicyclic amines) is 1. The second kappa shape index (κ2) is 7.08. The third-order valence-electron chi connectivity index (χ3n) is 4.54. The summed E-state index contributed by atoms with van der Waals surface area (Å²) in [6.45, 7) is 2.08. The first-order valence-corrected chi connectivity index (χ1v) is 8.44. The molecular formula is C18H26N2O. The van der Waals surface area contributed by atoms with E-state index >= 15 is 0 Å². The number of carbonyl (C=O) groups excluding carboxylic acids is 1. The van der Waals surface area contributed by atoms with Crippen molar-refractivity contribution in [3.05, 3.63) is 35.9 Å². The molecule has 3 nitrogen and oxygen atoms in total. The molecule has 1 aliphatic heterocycles. The molecule has 1 saturated carbocycles. The average molecular weight is 286 g/mol. The zero-order valence-corrected chi connectivity index (χ0v) is 12.8. The Morgan fingerprint density at radius 2 is 1.62 bits per heavy atom. The number of nitrogens with one attached hydrogen (secondary N) is 1. The van der Waals surface area contributed by atoms with Gasteiger partial charge in [0, 0.05) is 6.04 Å².